The number of hydrogen-bond acceptors (Lipinski definition) is 7. The molecule has 2 N–H and O–H groups in total. The molecule has 0 spiro atoms. The summed E-state index contributed by atoms with van der Waals surface area (Å²) in [7, 11) is 0. The van der Waals surface area contributed by atoms with Gasteiger partial charge in [0, 0.05) is 26.2 Å². The van der Waals surface area contributed by atoms with Gasteiger partial charge in [-0.1, -0.05) is 105 Å². The molecule has 0 saturated heterocycles. The Kier molecular flexibility index (Phi) is 19.8. The van der Waals surface area contributed by atoms with Crippen LogP contribution in [0.4, 0.5) is 0 Å². The summed E-state index contributed by atoms with van der Waals surface area (Å²) in [5, 5.41) is 17.9. The standard InChI is InChI=1S/C23H30O2.C12H16O2.C11H20O3/c1-19(12-13-20-8-4-2-5-9-20)16-25-23-14-22(15-23)18-24-17-21-10-6-3-7-11-21;13-12-6-11(7-12)9-14-8-10-4-2-1-3-5-10;1-8(3-9(2)13)7-14-11-4-10(5-11)6-12/h2-11,19,22-23H,12-18H2,1H3;1-5,11-13H,6-9H2;8,10-12H,3-7H2,1-2H3/t19-,22?,23?;;8-,10?,11?/m1.1/s1. The predicted molar refractivity (Wildman–Crippen MR) is 211 cm³/mol. The first-order chi connectivity index (χ1) is 25.7. The fourth-order valence-electron chi connectivity index (χ4n) is 6.87. The molecule has 3 aliphatic rings. The molecule has 292 valence electrons. The quantitative estimate of drug-likeness (QED) is 0.120. The van der Waals surface area contributed by atoms with Gasteiger partial charge in [-0.2, -0.15) is 0 Å². The van der Waals surface area contributed by atoms with Crippen LogP contribution in [0.5, 0.6) is 0 Å². The van der Waals surface area contributed by atoms with Crippen LogP contribution in [-0.4, -0.2) is 67.3 Å². The normalized spacial score (nSPS) is 24.1. The fraction of sp³-hybridized carbons (Fsp3) is 0.587. The molecular weight excluding hydrogens is 664 g/mol. The molecule has 53 heavy (non-hydrogen) atoms. The Morgan fingerprint density at radius 3 is 1.53 bits per heavy atom. The molecule has 3 fully saturated rings. The van der Waals surface area contributed by atoms with E-state index in [0.717, 1.165) is 71.4 Å². The maximum atomic E-state index is 10.8. The molecular formula is C46H66O7. The molecule has 0 bridgehead atoms. The second-order valence-corrected chi connectivity index (χ2v) is 15.9. The van der Waals surface area contributed by atoms with Crippen molar-refractivity contribution in [2.24, 2.45) is 29.6 Å². The lowest BCUT2D eigenvalue weighted by molar-refractivity contribution is -0.119. The zero-order valence-corrected chi connectivity index (χ0v) is 32.5. The van der Waals surface area contributed by atoms with Crippen LogP contribution >= 0.6 is 0 Å². The van der Waals surface area contributed by atoms with Gasteiger partial charge in [-0.15, -0.1) is 0 Å². The third kappa shape index (κ3) is 17.9. The topological polar surface area (TPSA) is 94.5 Å². The number of ketones is 1. The Labute approximate surface area is 319 Å². The third-order valence-corrected chi connectivity index (χ3v) is 10.4. The van der Waals surface area contributed by atoms with Crippen molar-refractivity contribution in [3.8, 4) is 0 Å². The third-order valence-electron chi connectivity index (χ3n) is 10.4. The zero-order chi connectivity index (χ0) is 37.7. The van der Waals surface area contributed by atoms with Crippen LogP contribution in [-0.2, 0) is 43.4 Å². The van der Waals surface area contributed by atoms with E-state index in [1.54, 1.807) is 6.92 Å². The van der Waals surface area contributed by atoms with E-state index in [2.05, 4.69) is 73.7 Å². The minimum atomic E-state index is -0.0691. The monoisotopic (exact) mass is 730 g/mol. The molecule has 0 heterocycles. The van der Waals surface area contributed by atoms with Crippen LogP contribution in [0.3, 0.4) is 0 Å². The molecule has 3 aromatic carbocycles. The molecule has 7 nitrogen and oxygen atoms in total. The number of carbonyl (C=O) groups is 1. The molecule has 2 atom stereocenters. The number of carbonyl (C=O) groups excluding carboxylic acids is 1. The van der Waals surface area contributed by atoms with Gasteiger partial charge in [0.25, 0.3) is 0 Å². The highest BCUT2D eigenvalue weighted by atomic mass is 16.5. The SMILES string of the molecule is CC(=O)C[C@@H](C)COC1CC(CO)C1.C[C@H](CCc1ccccc1)COC1CC(COCc2ccccc2)C1.OC1CC(COCc2ccccc2)C1. The number of ether oxygens (including phenoxy) is 4. The number of aliphatic hydroxyl groups excluding tert-OH is 2. The number of Topliss-reactive ketones (excluding diaryl/α,β-unsaturated/α-hetero) is 1. The van der Waals surface area contributed by atoms with Gasteiger partial charge in [0.1, 0.15) is 5.78 Å². The van der Waals surface area contributed by atoms with Crippen LogP contribution in [0.1, 0.15) is 88.8 Å². The number of aryl methyl sites for hydroxylation is 1. The van der Waals surface area contributed by atoms with Crippen LogP contribution in [0.25, 0.3) is 0 Å². The van der Waals surface area contributed by atoms with E-state index in [0.29, 0.717) is 61.4 Å². The maximum Gasteiger partial charge on any atom is 0.130 e. The number of benzene rings is 3. The van der Waals surface area contributed by atoms with Gasteiger partial charge in [0.2, 0.25) is 0 Å². The highest BCUT2D eigenvalue weighted by Crippen LogP contribution is 2.32. The lowest BCUT2D eigenvalue weighted by Gasteiger charge is -2.35. The first kappa shape index (κ1) is 42.8. The molecule has 3 aliphatic carbocycles. The molecule has 3 aromatic rings. The van der Waals surface area contributed by atoms with Gasteiger partial charge in [0.05, 0.1) is 44.7 Å². The van der Waals surface area contributed by atoms with Crippen molar-refractivity contribution >= 4 is 5.78 Å². The lowest BCUT2D eigenvalue weighted by Crippen LogP contribution is -2.35. The average molecular weight is 731 g/mol. The summed E-state index contributed by atoms with van der Waals surface area (Å²) < 4.78 is 23.1. The number of rotatable bonds is 20. The molecule has 3 saturated carbocycles. The van der Waals surface area contributed by atoms with Crippen LogP contribution in [0.2, 0.25) is 0 Å². The summed E-state index contributed by atoms with van der Waals surface area (Å²) in [6.07, 6.45) is 9.73. The second kappa shape index (κ2) is 24.5. The van der Waals surface area contributed by atoms with E-state index >= 15 is 0 Å². The molecule has 0 amide bonds. The van der Waals surface area contributed by atoms with E-state index in [9.17, 15) is 4.79 Å². The maximum absolute atomic E-state index is 10.8. The summed E-state index contributed by atoms with van der Waals surface area (Å²) >= 11 is 0. The zero-order valence-electron chi connectivity index (χ0n) is 32.5. The van der Waals surface area contributed by atoms with Gasteiger partial charge >= 0.3 is 0 Å². The van der Waals surface area contributed by atoms with Gasteiger partial charge < -0.3 is 34.0 Å². The molecule has 7 heteroatoms. The Hall–Kier alpha value is -2.91. The van der Waals surface area contributed by atoms with Crippen molar-refractivity contribution in [1.82, 2.24) is 0 Å². The summed E-state index contributed by atoms with van der Waals surface area (Å²) in [5.74, 6) is 2.86. The van der Waals surface area contributed by atoms with Crippen molar-refractivity contribution in [3.63, 3.8) is 0 Å². The van der Waals surface area contributed by atoms with Crippen LogP contribution < -0.4 is 0 Å². The molecule has 6 rings (SSSR count). The number of hydrogen-bond donors (Lipinski definition) is 2. The van der Waals surface area contributed by atoms with Crippen molar-refractivity contribution in [1.29, 1.82) is 0 Å². The van der Waals surface area contributed by atoms with Crippen LogP contribution in [0, 0.1) is 29.6 Å². The Morgan fingerprint density at radius 1 is 0.642 bits per heavy atom. The minimum absolute atomic E-state index is 0.0691. The van der Waals surface area contributed by atoms with E-state index in [-0.39, 0.29) is 18.5 Å². The second-order valence-electron chi connectivity index (χ2n) is 15.9. The van der Waals surface area contributed by atoms with Gasteiger partial charge in [0.15, 0.2) is 0 Å². The van der Waals surface area contributed by atoms with Crippen molar-refractivity contribution < 1.29 is 34.0 Å². The summed E-state index contributed by atoms with van der Waals surface area (Å²) in [4.78, 5) is 10.8. The highest BCUT2D eigenvalue weighted by molar-refractivity contribution is 5.75. The highest BCUT2D eigenvalue weighted by Gasteiger charge is 2.31. The Morgan fingerprint density at radius 2 is 1.08 bits per heavy atom. The Bertz CT molecular complexity index is 1350. The predicted octanol–water partition coefficient (Wildman–Crippen LogP) is 8.63. The molecule has 0 aliphatic heterocycles. The van der Waals surface area contributed by atoms with E-state index in [1.807, 2.05) is 31.2 Å². The average Bonchev–Trinajstić information content (AvgIpc) is 3.11. The van der Waals surface area contributed by atoms with Crippen LogP contribution in [0.15, 0.2) is 91.0 Å². The number of aliphatic hydroxyl groups is 2. The van der Waals surface area contributed by atoms with E-state index in [4.69, 9.17) is 29.2 Å². The largest absolute Gasteiger partial charge is 0.396 e. The van der Waals surface area contributed by atoms with Gasteiger partial charge in [-0.25, -0.2) is 0 Å². The first-order valence-electron chi connectivity index (χ1n) is 20.0. The van der Waals surface area contributed by atoms with Crippen molar-refractivity contribution in [2.45, 2.75) is 110 Å². The van der Waals surface area contributed by atoms with E-state index < -0.39 is 0 Å². The van der Waals surface area contributed by atoms with Crippen molar-refractivity contribution in [2.75, 3.05) is 33.0 Å². The Balaban J connectivity index is 0.000000191. The molecule has 0 aromatic heterocycles. The molecule has 0 unspecified atom stereocenters. The lowest BCUT2D eigenvalue weighted by atomic mass is 9.83. The fourth-order valence-corrected chi connectivity index (χ4v) is 6.87. The summed E-state index contributed by atoms with van der Waals surface area (Å²) in [6.45, 7) is 10.8. The summed E-state index contributed by atoms with van der Waals surface area (Å²) in [5.41, 5.74) is 3.89. The smallest absolute Gasteiger partial charge is 0.130 e. The molecule has 0 radical (unpaired) electrons. The summed E-state index contributed by atoms with van der Waals surface area (Å²) in [6, 6.07) is 31.3. The van der Waals surface area contributed by atoms with E-state index in [1.165, 1.54) is 23.1 Å². The first-order valence-corrected chi connectivity index (χ1v) is 20.0. The van der Waals surface area contributed by atoms with Gasteiger partial charge in [-0.3, -0.25) is 0 Å². The minimum Gasteiger partial charge on any atom is -0.396 e. The van der Waals surface area contributed by atoms with Crippen molar-refractivity contribution in [3.05, 3.63) is 108 Å². The van der Waals surface area contributed by atoms with Gasteiger partial charge in [-0.05, 0) is 105 Å².